The number of aliphatic hydroxyl groups is 1. The molecule has 130 valence electrons. The van der Waals surface area contributed by atoms with Crippen molar-refractivity contribution in [2.24, 2.45) is 0 Å². The molecule has 0 saturated heterocycles. The van der Waals surface area contributed by atoms with E-state index < -0.39 is 17.2 Å². The van der Waals surface area contributed by atoms with Crippen molar-refractivity contribution in [2.75, 3.05) is 20.8 Å². The normalized spacial score (nSPS) is 13.4. The van der Waals surface area contributed by atoms with Crippen molar-refractivity contribution in [1.82, 2.24) is 5.32 Å². The van der Waals surface area contributed by atoms with Gasteiger partial charge in [0.05, 0.1) is 14.2 Å². The highest BCUT2D eigenvalue weighted by Gasteiger charge is 2.26. The van der Waals surface area contributed by atoms with Crippen LogP contribution in [0.25, 0.3) is 0 Å². The van der Waals surface area contributed by atoms with E-state index in [1.165, 1.54) is 13.0 Å². The first-order chi connectivity index (χ1) is 11.4. The summed E-state index contributed by atoms with van der Waals surface area (Å²) in [6.45, 7) is 1.99. The van der Waals surface area contributed by atoms with Crippen molar-refractivity contribution in [3.05, 3.63) is 59.2 Å². The maximum absolute atomic E-state index is 13.8. The Balaban J connectivity index is 2.05. The first-order valence-corrected chi connectivity index (χ1v) is 7.46. The highest BCUT2D eigenvalue weighted by atomic mass is 19.1. The van der Waals surface area contributed by atoms with Crippen LogP contribution in [-0.4, -0.2) is 25.9 Å². The Labute approximate surface area is 140 Å². The molecule has 0 aliphatic carbocycles. The van der Waals surface area contributed by atoms with Gasteiger partial charge in [-0.25, -0.2) is 8.78 Å². The van der Waals surface area contributed by atoms with Gasteiger partial charge in [-0.2, -0.15) is 0 Å². The number of rotatable bonds is 7. The Bertz CT molecular complexity index is 682. The van der Waals surface area contributed by atoms with Crippen LogP contribution in [0.3, 0.4) is 0 Å². The van der Waals surface area contributed by atoms with Crippen LogP contribution < -0.4 is 14.8 Å². The molecular formula is C18H21F2NO3. The van der Waals surface area contributed by atoms with Crippen molar-refractivity contribution in [2.45, 2.75) is 19.1 Å². The molecular weight excluding hydrogens is 316 g/mol. The van der Waals surface area contributed by atoms with Crippen molar-refractivity contribution in [3.8, 4) is 11.5 Å². The fraction of sp³-hybridized carbons (Fsp3) is 0.333. The van der Waals surface area contributed by atoms with E-state index in [4.69, 9.17) is 9.47 Å². The van der Waals surface area contributed by atoms with E-state index >= 15 is 0 Å². The molecule has 0 heterocycles. The van der Waals surface area contributed by atoms with Gasteiger partial charge in [-0.05, 0) is 30.7 Å². The van der Waals surface area contributed by atoms with Gasteiger partial charge in [0.25, 0.3) is 0 Å². The molecule has 0 spiro atoms. The van der Waals surface area contributed by atoms with Gasteiger partial charge in [0.15, 0.2) is 0 Å². The van der Waals surface area contributed by atoms with Crippen LogP contribution in [0.4, 0.5) is 8.78 Å². The van der Waals surface area contributed by atoms with Gasteiger partial charge < -0.3 is 19.9 Å². The Morgan fingerprint density at radius 2 is 1.67 bits per heavy atom. The van der Waals surface area contributed by atoms with Gasteiger partial charge in [0.1, 0.15) is 28.7 Å². The van der Waals surface area contributed by atoms with Gasteiger partial charge in [0, 0.05) is 30.8 Å². The fourth-order valence-electron chi connectivity index (χ4n) is 2.44. The first kappa shape index (κ1) is 18.2. The third-order valence-electron chi connectivity index (χ3n) is 3.72. The molecule has 0 bridgehead atoms. The topological polar surface area (TPSA) is 50.7 Å². The number of nitrogens with one attached hydrogen (secondary N) is 1. The summed E-state index contributed by atoms with van der Waals surface area (Å²) in [5, 5.41) is 13.5. The van der Waals surface area contributed by atoms with E-state index in [0.29, 0.717) is 18.0 Å². The van der Waals surface area contributed by atoms with Crippen LogP contribution in [0.2, 0.25) is 0 Å². The third kappa shape index (κ3) is 4.43. The zero-order valence-electron chi connectivity index (χ0n) is 13.9. The molecule has 0 amide bonds. The summed E-state index contributed by atoms with van der Waals surface area (Å²) in [6.07, 6.45) is 0. The number of hydrogen-bond donors (Lipinski definition) is 2. The van der Waals surface area contributed by atoms with E-state index in [1.54, 1.807) is 20.3 Å². The van der Waals surface area contributed by atoms with Crippen molar-refractivity contribution < 1.29 is 23.4 Å². The average Bonchev–Trinajstić information content (AvgIpc) is 2.53. The number of ether oxygens (including phenoxy) is 2. The minimum Gasteiger partial charge on any atom is -0.497 e. The van der Waals surface area contributed by atoms with Crippen LogP contribution in [0.5, 0.6) is 11.5 Å². The van der Waals surface area contributed by atoms with Crippen LogP contribution in [-0.2, 0) is 12.1 Å². The summed E-state index contributed by atoms with van der Waals surface area (Å²) in [4.78, 5) is 0. The van der Waals surface area contributed by atoms with E-state index in [9.17, 15) is 13.9 Å². The Morgan fingerprint density at radius 1 is 1.04 bits per heavy atom. The van der Waals surface area contributed by atoms with Crippen molar-refractivity contribution in [1.29, 1.82) is 0 Å². The second kappa shape index (κ2) is 7.59. The molecule has 6 heteroatoms. The lowest BCUT2D eigenvalue weighted by Gasteiger charge is -2.25. The van der Waals surface area contributed by atoms with Crippen molar-refractivity contribution >= 4 is 0 Å². The van der Waals surface area contributed by atoms with Gasteiger partial charge in [-0.1, -0.05) is 6.07 Å². The van der Waals surface area contributed by atoms with Crippen LogP contribution in [0.15, 0.2) is 36.4 Å². The van der Waals surface area contributed by atoms with Crippen molar-refractivity contribution in [3.63, 3.8) is 0 Å². The largest absolute Gasteiger partial charge is 0.497 e. The second-order valence-electron chi connectivity index (χ2n) is 5.72. The summed E-state index contributed by atoms with van der Waals surface area (Å²) < 4.78 is 37.2. The predicted octanol–water partition coefficient (Wildman–Crippen LogP) is 2.98. The van der Waals surface area contributed by atoms with Crippen LogP contribution in [0.1, 0.15) is 18.1 Å². The molecule has 2 aromatic carbocycles. The maximum Gasteiger partial charge on any atom is 0.132 e. The minimum absolute atomic E-state index is 0.0413. The standard InChI is InChI=1S/C18H21F2NO3/c1-18(22,16-5-4-13(19)8-17(16)20)11-21-10-12-6-14(23-2)9-15(7-12)24-3/h4-9,21-22H,10-11H2,1-3H3. The quantitative estimate of drug-likeness (QED) is 0.816. The molecule has 0 aliphatic heterocycles. The molecule has 0 saturated carbocycles. The molecule has 0 fully saturated rings. The SMILES string of the molecule is COc1cc(CNCC(C)(O)c2ccc(F)cc2F)cc(OC)c1. The van der Waals surface area contributed by atoms with E-state index in [2.05, 4.69) is 5.32 Å². The van der Waals surface area contributed by atoms with E-state index in [-0.39, 0.29) is 12.1 Å². The van der Waals surface area contributed by atoms with Crippen LogP contribution in [0, 0.1) is 11.6 Å². The maximum atomic E-state index is 13.8. The highest BCUT2D eigenvalue weighted by molar-refractivity contribution is 5.38. The second-order valence-corrected chi connectivity index (χ2v) is 5.72. The summed E-state index contributed by atoms with van der Waals surface area (Å²) in [5.74, 6) is -0.140. The fourth-order valence-corrected chi connectivity index (χ4v) is 2.44. The van der Waals surface area contributed by atoms with E-state index in [1.807, 2.05) is 12.1 Å². The molecule has 24 heavy (non-hydrogen) atoms. The zero-order valence-corrected chi connectivity index (χ0v) is 13.9. The molecule has 2 rings (SSSR count). The molecule has 2 N–H and O–H groups in total. The Morgan fingerprint density at radius 3 is 2.21 bits per heavy atom. The Kier molecular flexibility index (Phi) is 5.75. The molecule has 0 radical (unpaired) electrons. The molecule has 1 atom stereocenters. The van der Waals surface area contributed by atoms with E-state index in [0.717, 1.165) is 17.7 Å². The zero-order chi connectivity index (χ0) is 17.7. The number of halogens is 2. The summed E-state index contributed by atoms with van der Waals surface area (Å²) in [7, 11) is 3.13. The lowest BCUT2D eigenvalue weighted by molar-refractivity contribution is 0.0528. The molecule has 1 unspecified atom stereocenters. The number of benzene rings is 2. The monoisotopic (exact) mass is 337 g/mol. The Hall–Kier alpha value is -2.18. The predicted molar refractivity (Wildman–Crippen MR) is 87.2 cm³/mol. The summed E-state index contributed by atoms with van der Waals surface area (Å²) in [5.41, 5.74) is -0.540. The summed E-state index contributed by atoms with van der Waals surface area (Å²) >= 11 is 0. The lowest BCUT2D eigenvalue weighted by atomic mass is 9.95. The summed E-state index contributed by atoms with van der Waals surface area (Å²) in [6, 6.07) is 8.57. The lowest BCUT2D eigenvalue weighted by Crippen LogP contribution is -2.36. The first-order valence-electron chi connectivity index (χ1n) is 7.46. The smallest absolute Gasteiger partial charge is 0.132 e. The average molecular weight is 337 g/mol. The van der Waals surface area contributed by atoms with Gasteiger partial charge in [-0.3, -0.25) is 0 Å². The molecule has 0 aliphatic rings. The number of hydrogen-bond acceptors (Lipinski definition) is 4. The minimum atomic E-state index is -1.47. The van der Waals surface area contributed by atoms with Crippen LogP contribution >= 0.6 is 0 Å². The van der Waals surface area contributed by atoms with Gasteiger partial charge >= 0.3 is 0 Å². The molecule has 4 nitrogen and oxygen atoms in total. The van der Waals surface area contributed by atoms with Gasteiger partial charge in [0.2, 0.25) is 0 Å². The third-order valence-corrected chi connectivity index (χ3v) is 3.72. The van der Waals surface area contributed by atoms with Gasteiger partial charge in [-0.15, -0.1) is 0 Å². The molecule has 2 aromatic rings. The highest BCUT2D eigenvalue weighted by Crippen LogP contribution is 2.25. The number of methoxy groups -OCH3 is 2. The molecule has 0 aromatic heterocycles.